The minimum atomic E-state index is -0.521. The zero-order valence-electron chi connectivity index (χ0n) is 20.1. The Morgan fingerprint density at radius 3 is 2.53 bits per heavy atom. The van der Waals surface area contributed by atoms with Gasteiger partial charge in [-0.2, -0.15) is 0 Å². The molecule has 2 aliphatic rings. The molecule has 2 saturated carbocycles. The van der Waals surface area contributed by atoms with Crippen molar-refractivity contribution in [3.05, 3.63) is 41.6 Å². The normalized spacial score (nSPS) is 19.8. The predicted octanol–water partition coefficient (Wildman–Crippen LogP) is 3.01. The molecule has 0 unspecified atom stereocenters. The molecule has 2 heterocycles. The molecule has 1 aromatic carbocycles. The lowest BCUT2D eigenvalue weighted by atomic mass is 9.91. The molecule has 4 N–H and O–H groups in total. The van der Waals surface area contributed by atoms with Crippen molar-refractivity contribution < 1.29 is 23.8 Å². The van der Waals surface area contributed by atoms with Crippen LogP contribution in [-0.4, -0.2) is 57.2 Å². The average molecular weight is 496 g/mol. The summed E-state index contributed by atoms with van der Waals surface area (Å²) in [6.07, 6.45) is 6.55. The third kappa shape index (κ3) is 5.18. The number of nitrogens with one attached hydrogen (secondary N) is 3. The number of H-pyrrole nitrogens is 1. The van der Waals surface area contributed by atoms with Crippen LogP contribution in [0.2, 0.25) is 0 Å². The first-order valence-corrected chi connectivity index (χ1v) is 12.4. The van der Waals surface area contributed by atoms with Gasteiger partial charge in [-0.15, -0.1) is 0 Å². The van der Waals surface area contributed by atoms with Gasteiger partial charge >= 0.3 is 0 Å². The van der Waals surface area contributed by atoms with Gasteiger partial charge < -0.3 is 25.5 Å². The van der Waals surface area contributed by atoms with Crippen LogP contribution in [0.5, 0.6) is 5.75 Å². The molecular formula is C26H30FN5O4. The van der Waals surface area contributed by atoms with Crippen LogP contribution in [0.1, 0.15) is 54.6 Å². The molecule has 2 aromatic heterocycles. The summed E-state index contributed by atoms with van der Waals surface area (Å²) in [6.45, 7) is 1.83. The van der Waals surface area contributed by atoms with E-state index in [9.17, 15) is 14.0 Å². The SMILES string of the molecule is Cc1[nH]c2c(-c3ccc(F)cc3OCC3CC3)ncnc2c1C(=O)N[C@H]1CC[C@@H](NC(=O)CO)CC1. The summed E-state index contributed by atoms with van der Waals surface area (Å²) in [5, 5.41) is 14.8. The molecule has 0 atom stereocenters. The van der Waals surface area contributed by atoms with Gasteiger partial charge in [0, 0.05) is 29.4 Å². The van der Waals surface area contributed by atoms with Crippen molar-refractivity contribution in [2.45, 2.75) is 57.5 Å². The number of rotatable bonds is 8. The van der Waals surface area contributed by atoms with E-state index in [0.29, 0.717) is 51.8 Å². The lowest BCUT2D eigenvalue weighted by Crippen LogP contribution is -2.44. The maximum atomic E-state index is 14.0. The number of carbonyl (C=O) groups is 2. The first-order valence-electron chi connectivity index (χ1n) is 12.4. The van der Waals surface area contributed by atoms with Gasteiger partial charge in [-0.25, -0.2) is 14.4 Å². The molecule has 0 spiro atoms. The summed E-state index contributed by atoms with van der Waals surface area (Å²) in [5.74, 6) is -0.0609. The van der Waals surface area contributed by atoms with E-state index in [4.69, 9.17) is 9.84 Å². The highest BCUT2D eigenvalue weighted by atomic mass is 19.1. The number of halogens is 1. The van der Waals surface area contributed by atoms with Crippen LogP contribution in [0.15, 0.2) is 24.5 Å². The van der Waals surface area contributed by atoms with E-state index >= 15 is 0 Å². The molecule has 2 aliphatic carbocycles. The third-order valence-electron chi connectivity index (χ3n) is 6.94. The van der Waals surface area contributed by atoms with Gasteiger partial charge in [-0.1, -0.05) is 0 Å². The number of amides is 2. The maximum absolute atomic E-state index is 14.0. The van der Waals surface area contributed by atoms with Crippen molar-refractivity contribution in [3.63, 3.8) is 0 Å². The quantitative estimate of drug-likeness (QED) is 0.380. The first-order chi connectivity index (χ1) is 17.4. The first kappa shape index (κ1) is 24.2. The maximum Gasteiger partial charge on any atom is 0.255 e. The third-order valence-corrected chi connectivity index (χ3v) is 6.94. The predicted molar refractivity (Wildman–Crippen MR) is 131 cm³/mol. The Morgan fingerprint density at radius 1 is 1.11 bits per heavy atom. The second kappa shape index (κ2) is 10.2. The number of aliphatic hydroxyl groups excluding tert-OH is 1. The highest BCUT2D eigenvalue weighted by Crippen LogP contribution is 2.36. The second-order valence-corrected chi connectivity index (χ2v) is 9.71. The number of nitrogens with zero attached hydrogens (tertiary/aromatic N) is 2. The summed E-state index contributed by atoms with van der Waals surface area (Å²) < 4.78 is 19.9. The monoisotopic (exact) mass is 495 g/mol. The van der Waals surface area contributed by atoms with Gasteiger partial charge in [-0.05, 0) is 63.5 Å². The molecule has 0 bridgehead atoms. The summed E-state index contributed by atoms with van der Waals surface area (Å²) >= 11 is 0. The van der Waals surface area contributed by atoms with E-state index in [1.165, 1.54) is 18.5 Å². The Hall–Kier alpha value is -3.53. The second-order valence-electron chi connectivity index (χ2n) is 9.71. The smallest absolute Gasteiger partial charge is 0.255 e. The van der Waals surface area contributed by atoms with Gasteiger partial charge in [0.1, 0.15) is 35.7 Å². The lowest BCUT2D eigenvalue weighted by molar-refractivity contribution is -0.124. The highest BCUT2D eigenvalue weighted by molar-refractivity contribution is 6.09. The van der Waals surface area contributed by atoms with Crippen LogP contribution in [0.25, 0.3) is 22.3 Å². The number of aryl methyl sites for hydroxylation is 1. The van der Waals surface area contributed by atoms with Crippen molar-refractivity contribution in [2.75, 3.05) is 13.2 Å². The summed E-state index contributed by atoms with van der Waals surface area (Å²) in [7, 11) is 0. The van der Waals surface area contributed by atoms with E-state index in [1.807, 2.05) is 6.92 Å². The number of ether oxygens (including phenoxy) is 1. The molecule has 36 heavy (non-hydrogen) atoms. The van der Waals surface area contributed by atoms with Crippen molar-refractivity contribution in [2.24, 2.45) is 5.92 Å². The number of carbonyl (C=O) groups excluding carboxylic acids is 2. The topological polar surface area (TPSA) is 129 Å². The molecule has 2 amide bonds. The number of benzene rings is 1. The van der Waals surface area contributed by atoms with E-state index < -0.39 is 6.61 Å². The Kier molecular flexibility index (Phi) is 6.86. The molecule has 3 aromatic rings. The zero-order chi connectivity index (χ0) is 25.2. The number of aliphatic hydroxyl groups is 1. The summed E-state index contributed by atoms with van der Waals surface area (Å²) in [4.78, 5) is 36.8. The summed E-state index contributed by atoms with van der Waals surface area (Å²) in [6, 6.07) is 4.37. The Balaban J connectivity index is 1.36. The van der Waals surface area contributed by atoms with Gasteiger partial charge in [-0.3, -0.25) is 9.59 Å². The summed E-state index contributed by atoms with van der Waals surface area (Å²) in [5.41, 5.74) is 3.39. The fraction of sp³-hybridized carbons (Fsp3) is 0.462. The highest BCUT2D eigenvalue weighted by Gasteiger charge is 2.27. The van der Waals surface area contributed by atoms with Crippen molar-refractivity contribution in [1.29, 1.82) is 0 Å². The van der Waals surface area contributed by atoms with Crippen LogP contribution >= 0.6 is 0 Å². The Bertz CT molecular complexity index is 1280. The van der Waals surface area contributed by atoms with Crippen LogP contribution < -0.4 is 15.4 Å². The molecular weight excluding hydrogens is 465 g/mol. The zero-order valence-corrected chi connectivity index (χ0v) is 20.1. The van der Waals surface area contributed by atoms with Gasteiger partial charge in [0.05, 0.1) is 17.7 Å². The molecule has 9 nitrogen and oxygen atoms in total. The number of aromatic nitrogens is 3. The molecule has 10 heteroatoms. The van der Waals surface area contributed by atoms with Crippen LogP contribution in [-0.2, 0) is 4.79 Å². The number of fused-ring (bicyclic) bond motifs is 1. The average Bonchev–Trinajstić information content (AvgIpc) is 3.63. The van der Waals surface area contributed by atoms with Crippen molar-refractivity contribution >= 4 is 22.8 Å². The molecule has 0 saturated heterocycles. The van der Waals surface area contributed by atoms with Crippen LogP contribution in [0.4, 0.5) is 4.39 Å². The van der Waals surface area contributed by atoms with Gasteiger partial charge in [0.25, 0.3) is 5.91 Å². The van der Waals surface area contributed by atoms with E-state index in [-0.39, 0.29) is 29.7 Å². The standard InChI is InChI=1S/C26H30FN5O4/c1-14-22(26(35)32-18-7-5-17(6-8-18)31-21(34)11-33)24-25(30-14)23(28-13-29-24)19-9-4-16(27)10-20(19)36-12-15-2-3-15/h4,9-10,13,15,17-18,30,33H,2-3,5-8,11-12H2,1H3,(H,31,34)(H,32,35)/t17-,18+. The van der Waals surface area contributed by atoms with E-state index in [2.05, 4.69) is 25.6 Å². The fourth-order valence-corrected chi connectivity index (χ4v) is 4.82. The van der Waals surface area contributed by atoms with E-state index in [0.717, 1.165) is 38.5 Å². The number of hydrogen-bond acceptors (Lipinski definition) is 6. The largest absolute Gasteiger partial charge is 0.492 e. The van der Waals surface area contributed by atoms with Crippen molar-refractivity contribution in [3.8, 4) is 17.0 Å². The Labute approximate surface area is 207 Å². The Morgan fingerprint density at radius 2 is 1.83 bits per heavy atom. The van der Waals surface area contributed by atoms with Crippen LogP contribution in [0, 0.1) is 18.7 Å². The van der Waals surface area contributed by atoms with Crippen LogP contribution in [0.3, 0.4) is 0 Å². The molecule has 5 rings (SSSR count). The molecule has 0 aliphatic heterocycles. The molecule has 190 valence electrons. The number of aromatic amines is 1. The molecule has 2 fully saturated rings. The van der Waals surface area contributed by atoms with Gasteiger partial charge in [0.15, 0.2) is 0 Å². The van der Waals surface area contributed by atoms with Gasteiger partial charge in [0.2, 0.25) is 5.91 Å². The minimum absolute atomic E-state index is 0.00923. The fourth-order valence-electron chi connectivity index (χ4n) is 4.82. The lowest BCUT2D eigenvalue weighted by Gasteiger charge is -2.29. The minimum Gasteiger partial charge on any atom is -0.492 e. The van der Waals surface area contributed by atoms with E-state index in [1.54, 1.807) is 6.07 Å². The van der Waals surface area contributed by atoms with Crippen molar-refractivity contribution in [1.82, 2.24) is 25.6 Å². The molecule has 0 radical (unpaired) electrons. The number of hydrogen-bond donors (Lipinski definition) is 4.